The highest BCUT2D eigenvalue weighted by atomic mass is 32.2. The van der Waals surface area contributed by atoms with Gasteiger partial charge < -0.3 is 9.32 Å². The Morgan fingerprint density at radius 1 is 1.06 bits per heavy atom. The van der Waals surface area contributed by atoms with Crippen LogP contribution in [-0.4, -0.2) is 42.7 Å². The van der Waals surface area contributed by atoms with Gasteiger partial charge in [-0.05, 0) is 24.3 Å². The minimum atomic E-state index is -3.56. The Labute approximate surface area is 179 Å². The monoisotopic (exact) mass is 440 g/mol. The summed E-state index contributed by atoms with van der Waals surface area (Å²) in [6, 6.07) is 17.1. The molecule has 0 bridgehead atoms. The molecule has 0 unspecified atom stereocenters. The largest absolute Gasteiger partial charge is 0.407 e. The molecule has 31 heavy (non-hydrogen) atoms. The summed E-state index contributed by atoms with van der Waals surface area (Å²) < 4.78 is 30.1. The normalized spacial score (nSPS) is 16.5. The number of amides is 2. The van der Waals surface area contributed by atoms with E-state index in [1.54, 1.807) is 23.1 Å². The van der Waals surface area contributed by atoms with E-state index < -0.39 is 15.7 Å². The average Bonchev–Trinajstić information content (AvgIpc) is 3.40. The van der Waals surface area contributed by atoms with Crippen LogP contribution in [-0.2, 0) is 19.4 Å². The van der Waals surface area contributed by atoms with Crippen molar-refractivity contribution in [2.75, 3.05) is 22.5 Å². The van der Waals surface area contributed by atoms with E-state index in [0.717, 1.165) is 5.69 Å². The van der Waals surface area contributed by atoms with Gasteiger partial charge in [-0.25, -0.2) is 8.42 Å². The molecular weight excluding hydrogens is 420 g/mol. The van der Waals surface area contributed by atoms with Gasteiger partial charge in [0.15, 0.2) is 9.84 Å². The van der Waals surface area contributed by atoms with Crippen LogP contribution in [0.4, 0.5) is 11.7 Å². The number of para-hydroxylation sites is 1. The van der Waals surface area contributed by atoms with Gasteiger partial charge in [-0.15, -0.1) is 5.10 Å². The second kappa shape index (κ2) is 8.68. The number of hydrogen-bond acceptors (Lipinski definition) is 7. The van der Waals surface area contributed by atoms with Crippen molar-refractivity contribution in [3.05, 3.63) is 66.6 Å². The van der Waals surface area contributed by atoms with E-state index in [2.05, 4.69) is 15.5 Å². The van der Waals surface area contributed by atoms with Gasteiger partial charge in [-0.2, -0.15) is 0 Å². The van der Waals surface area contributed by atoms with Gasteiger partial charge in [-0.3, -0.25) is 14.9 Å². The summed E-state index contributed by atoms with van der Waals surface area (Å²) in [5.41, 5.74) is 0.794. The van der Waals surface area contributed by atoms with Crippen molar-refractivity contribution in [2.24, 2.45) is 0 Å². The molecule has 0 radical (unpaired) electrons. The summed E-state index contributed by atoms with van der Waals surface area (Å²) in [7, 11) is -3.56. The molecule has 9 nitrogen and oxygen atoms in total. The maximum atomic E-state index is 12.3. The summed E-state index contributed by atoms with van der Waals surface area (Å²) in [5, 5.41) is 10.2. The van der Waals surface area contributed by atoms with Crippen molar-refractivity contribution in [1.29, 1.82) is 0 Å². The molecule has 0 aliphatic carbocycles. The quantitative estimate of drug-likeness (QED) is 0.598. The molecule has 1 N–H and O–H groups in total. The molecule has 10 heteroatoms. The third kappa shape index (κ3) is 4.80. The maximum absolute atomic E-state index is 12.3. The second-order valence-corrected chi connectivity index (χ2v) is 9.23. The van der Waals surface area contributed by atoms with Gasteiger partial charge in [-0.1, -0.05) is 41.5 Å². The van der Waals surface area contributed by atoms with Crippen LogP contribution in [0.1, 0.15) is 24.7 Å². The Balaban J connectivity index is 1.34. The number of nitrogens with one attached hydrogen (secondary N) is 1. The molecule has 1 saturated heterocycles. The molecule has 0 spiro atoms. The summed E-state index contributed by atoms with van der Waals surface area (Å²) in [5.74, 6) is -0.981. The van der Waals surface area contributed by atoms with Gasteiger partial charge in [0, 0.05) is 25.1 Å². The lowest BCUT2D eigenvalue weighted by molar-refractivity contribution is -0.117. The molecule has 2 aromatic carbocycles. The number of anilines is 2. The molecule has 2 amide bonds. The Kier molecular flexibility index (Phi) is 5.81. The zero-order valence-corrected chi connectivity index (χ0v) is 17.3. The predicted octanol–water partition coefficient (Wildman–Crippen LogP) is 2.39. The molecule has 1 atom stereocenters. The van der Waals surface area contributed by atoms with Crippen LogP contribution in [0.2, 0.25) is 0 Å². The molecular formula is C21H20N4O5S. The van der Waals surface area contributed by atoms with E-state index in [1.807, 2.05) is 30.3 Å². The maximum Gasteiger partial charge on any atom is 0.322 e. The van der Waals surface area contributed by atoms with E-state index in [-0.39, 0.29) is 47.2 Å². The number of hydrogen-bond donors (Lipinski definition) is 1. The lowest BCUT2D eigenvalue weighted by Crippen LogP contribution is -2.24. The fraction of sp³-hybridized carbons (Fsp3) is 0.238. The summed E-state index contributed by atoms with van der Waals surface area (Å²) >= 11 is 0. The van der Waals surface area contributed by atoms with Crippen molar-refractivity contribution in [3.8, 4) is 0 Å². The fourth-order valence-electron chi connectivity index (χ4n) is 3.34. The minimum Gasteiger partial charge on any atom is -0.407 e. The smallest absolute Gasteiger partial charge is 0.322 e. The highest BCUT2D eigenvalue weighted by molar-refractivity contribution is 7.91. The van der Waals surface area contributed by atoms with Crippen molar-refractivity contribution in [2.45, 2.75) is 23.7 Å². The molecule has 2 heterocycles. The molecule has 4 rings (SSSR count). The number of nitrogens with zero attached hydrogens (tertiary/aromatic N) is 3. The Hall–Kier alpha value is -3.53. The van der Waals surface area contributed by atoms with Gasteiger partial charge in [0.2, 0.25) is 17.7 Å². The number of carbonyl (C=O) groups is 2. The lowest BCUT2D eigenvalue weighted by Gasteiger charge is -2.15. The molecule has 1 fully saturated rings. The first-order valence-electron chi connectivity index (χ1n) is 9.69. The van der Waals surface area contributed by atoms with Crippen LogP contribution in [0.15, 0.2) is 70.0 Å². The van der Waals surface area contributed by atoms with Crippen molar-refractivity contribution < 1.29 is 22.4 Å². The Bertz CT molecular complexity index is 1180. The van der Waals surface area contributed by atoms with Crippen molar-refractivity contribution in [1.82, 2.24) is 10.2 Å². The molecule has 3 aromatic rings. The number of sulfone groups is 1. The predicted molar refractivity (Wildman–Crippen MR) is 112 cm³/mol. The first-order valence-corrected chi connectivity index (χ1v) is 11.3. The molecule has 1 aliphatic heterocycles. The molecule has 0 saturated carbocycles. The number of carbonyl (C=O) groups excluding carboxylic acids is 2. The van der Waals surface area contributed by atoms with E-state index in [9.17, 15) is 18.0 Å². The van der Waals surface area contributed by atoms with Crippen LogP contribution >= 0.6 is 0 Å². The number of rotatable bonds is 7. The van der Waals surface area contributed by atoms with Gasteiger partial charge in [0.25, 0.3) is 0 Å². The fourth-order valence-corrected chi connectivity index (χ4v) is 4.60. The zero-order valence-electron chi connectivity index (χ0n) is 16.5. The lowest BCUT2D eigenvalue weighted by atomic mass is 10.1. The first kappa shape index (κ1) is 20.7. The van der Waals surface area contributed by atoms with Crippen LogP contribution in [0.3, 0.4) is 0 Å². The third-order valence-electron chi connectivity index (χ3n) is 4.93. The Morgan fingerprint density at radius 3 is 2.45 bits per heavy atom. The standard InChI is InChI=1S/C21H20N4O5S/c26-18(11-12-31(28,29)17-9-5-2-6-10-17)22-21-24-23-20(30-21)15-13-19(27)25(14-15)16-7-3-1-4-8-16/h1-10,15H,11-14H2,(H,22,24,26)/t15-/m0/s1. The van der Waals surface area contributed by atoms with E-state index >= 15 is 0 Å². The van der Waals surface area contributed by atoms with Gasteiger partial charge in [0.1, 0.15) is 0 Å². The van der Waals surface area contributed by atoms with Crippen LogP contribution in [0.5, 0.6) is 0 Å². The summed E-state index contributed by atoms with van der Waals surface area (Å²) in [4.78, 5) is 26.3. The topological polar surface area (TPSA) is 122 Å². The average molecular weight is 440 g/mol. The number of aromatic nitrogens is 2. The second-order valence-electron chi connectivity index (χ2n) is 7.12. The molecule has 1 aromatic heterocycles. The van der Waals surface area contributed by atoms with Crippen molar-refractivity contribution in [3.63, 3.8) is 0 Å². The summed E-state index contributed by atoms with van der Waals surface area (Å²) in [6.07, 6.45) is -0.0293. The number of benzene rings is 2. The van der Waals surface area contributed by atoms with Crippen LogP contribution in [0.25, 0.3) is 0 Å². The molecule has 1 aliphatic rings. The van der Waals surface area contributed by atoms with Crippen molar-refractivity contribution >= 4 is 33.4 Å². The third-order valence-corrected chi connectivity index (χ3v) is 6.66. The SMILES string of the molecule is O=C(CCS(=O)(=O)c1ccccc1)Nc1nnc([C@H]2CC(=O)N(c3ccccc3)C2)o1. The van der Waals surface area contributed by atoms with Crippen LogP contribution in [0, 0.1) is 0 Å². The Morgan fingerprint density at radius 2 is 1.74 bits per heavy atom. The van der Waals surface area contributed by atoms with Gasteiger partial charge >= 0.3 is 6.01 Å². The highest BCUT2D eigenvalue weighted by Gasteiger charge is 2.35. The van der Waals surface area contributed by atoms with Gasteiger partial charge in [0.05, 0.1) is 16.6 Å². The van der Waals surface area contributed by atoms with E-state index in [4.69, 9.17) is 4.42 Å². The molecule has 160 valence electrons. The van der Waals surface area contributed by atoms with Crippen LogP contribution < -0.4 is 10.2 Å². The minimum absolute atomic E-state index is 0.0499. The summed E-state index contributed by atoms with van der Waals surface area (Å²) in [6.45, 7) is 0.397. The highest BCUT2D eigenvalue weighted by Crippen LogP contribution is 2.31. The first-order chi connectivity index (χ1) is 14.9. The zero-order chi connectivity index (χ0) is 21.8. The van der Waals surface area contributed by atoms with E-state index in [1.165, 1.54) is 12.1 Å². The van der Waals surface area contributed by atoms with E-state index in [0.29, 0.717) is 6.54 Å².